The Kier molecular flexibility index (Phi) is 5.77. The van der Waals surface area contributed by atoms with Crippen molar-refractivity contribution in [1.82, 2.24) is 14.8 Å². The van der Waals surface area contributed by atoms with E-state index in [0.717, 1.165) is 23.3 Å². The number of rotatable bonds is 6. The van der Waals surface area contributed by atoms with E-state index in [1.54, 1.807) is 11.8 Å². The second-order valence-electron chi connectivity index (χ2n) is 6.78. The minimum absolute atomic E-state index is 0.571. The fourth-order valence-corrected chi connectivity index (χ4v) is 4.31. The number of hydrogen-bond donors (Lipinski definition) is 0. The van der Waals surface area contributed by atoms with Gasteiger partial charge in [-0.05, 0) is 43.4 Å². The summed E-state index contributed by atoms with van der Waals surface area (Å²) >= 11 is 1.78. The average Bonchev–Trinajstić information content (AvgIpc) is 3.00. The van der Waals surface area contributed by atoms with Gasteiger partial charge in [-0.3, -0.25) is 0 Å². The van der Waals surface area contributed by atoms with Gasteiger partial charge in [0.2, 0.25) is 0 Å². The van der Waals surface area contributed by atoms with Crippen LogP contribution in [-0.2, 0) is 12.3 Å². The van der Waals surface area contributed by atoms with Gasteiger partial charge in [-0.15, -0.1) is 16.8 Å². The van der Waals surface area contributed by atoms with Crippen molar-refractivity contribution >= 4 is 11.8 Å². The summed E-state index contributed by atoms with van der Waals surface area (Å²) in [4.78, 5) is 0. The van der Waals surface area contributed by atoms with E-state index >= 15 is 0 Å². The molecular weight excluding hydrogens is 314 g/mol. The Balaban J connectivity index is 1.75. The number of allylic oxidation sites excluding steroid dienone is 1. The first-order chi connectivity index (χ1) is 11.7. The molecule has 24 heavy (non-hydrogen) atoms. The molecule has 1 aliphatic rings. The van der Waals surface area contributed by atoms with Crippen LogP contribution in [0, 0.1) is 13.8 Å². The van der Waals surface area contributed by atoms with Crippen molar-refractivity contribution in [3.63, 3.8) is 0 Å². The van der Waals surface area contributed by atoms with Gasteiger partial charge in [0.05, 0.1) is 0 Å². The van der Waals surface area contributed by atoms with Gasteiger partial charge in [-0.1, -0.05) is 55.3 Å². The summed E-state index contributed by atoms with van der Waals surface area (Å²) in [5.41, 5.74) is 4.04. The molecule has 0 bridgehead atoms. The summed E-state index contributed by atoms with van der Waals surface area (Å²) < 4.78 is 2.27. The molecular formula is C20H27N3S. The third-order valence-electron chi connectivity index (χ3n) is 4.97. The summed E-state index contributed by atoms with van der Waals surface area (Å²) in [5, 5.41) is 10.1. The quantitative estimate of drug-likeness (QED) is 0.519. The minimum atomic E-state index is 0.571. The first-order valence-corrected chi connectivity index (χ1v) is 9.90. The zero-order valence-electron chi connectivity index (χ0n) is 14.8. The molecule has 3 nitrogen and oxygen atoms in total. The third-order valence-corrected chi connectivity index (χ3v) is 6.00. The van der Waals surface area contributed by atoms with Gasteiger partial charge in [0.15, 0.2) is 5.16 Å². The Bertz CT molecular complexity index is 699. The number of hydrogen-bond acceptors (Lipinski definition) is 3. The Morgan fingerprint density at radius 1 is 1.17 bits per heavy atom. The summed E-state index contributed by atoms with van der Waals surface area (Å²) in [6.07, 6.45) is 8.44. The second-order valence-corrected chi connectivity index (χ2v) is 7.72. The van der Waals surface area contributed by atoms with Crippen molar-refractivity contribution in [2.75, 3.05) is 0 Å². The molecule has 0 N–H and O–H groups in total. The van der Waals surface area contributed by atoms with Crippen LogP contribution in [0.5, 0.6) is 0 Å². The minimum Gasteiger partial charge on any atom is -0.302 e. The van der Waals surface area contributed by atoms with Gasteiger partial charge in [0, 0.05) is 18.2 Å². The van der Waals surface area contributed by atoms with E-state index in [1.807, 2.05) is 6.08 Å². The van der Waals surface area contributed by atoms with Crippen LogP contribution in [0.25, 0.3) is 0 Å². The highest BCUT2D eigenvalue weighted by atomic mass is 32.2. The zero-order chi connectivity index (χ0) is 16.9. The molecule has 0 spiro atoms. The van der Waals surface area contributed by atoms with Crippen LogP contribution in [0.3, 0.4) is 0 Å². The molecule has 1 aliphatic carbocycles. The van der Waals surface area contributed by atoms with E-state index in [1.165, 1.54) is 48.8 Å². The first-order valence-electron chi connectivity index (χ1n) is 8.92. The van der Waals surface area contributed by atoms with Crippen LogP contribution >= 0.6 is 11.8 Å². The van der Waals surface area contributed by atoms with Crippen LogP contribution in [0.4, 0.5) is 0 Å². The summed E-state index contributed by atoms with van der Waals surface area (Å²) in [6.45, 7) is 9.04. The third kappa shape index (κ3) is 3.92. The Hall–Kier alpha value is -1.55. The monoisotopic (exact) mass is 341 g/mol. The molecule has 0 saturated heterocycles. The van der Waals surface area contributed by atoms with E-state index in [2.05, 4.69) is 53.4 Å². The molecule has 0 radical (unpaired) electrons. The molecule has 4 heteroatoms. The number of thioether (sulfide) groups is 1. The normalized spacial score (nSPS) is 15.6. The molecule has 1 saturated carbocycles. The van der Waals surface area contributed by atoms with Crippen molar-refractivity contribution in [3.8, 4) is 0 Å². The van der Waals surface area contributed by atoms with E-state index in [0.29, 0.717) is 5.92 Å². The van der Waals surface area contributed by atoms with Gasteiger partial charge in [-0.2, -0.15) is 0 Å². The van der Waals surface area contributed by atoms with Crippen molar-refractivity contribution in [2.24, 2.45) is 0 Å². The Morgan fingerprint density at radius 3 is 2.67 bits per heavy atom. The lowest BCUT2D eigenvalue weighted by atomic mass is 9.89. The topological polar surface area (TPSA) is 30.7 Å². The summed E-state index contributed by atoms with van der Waals surface area (Å²) in [6, 6.07) is 6.69. The lowest BCUT2D eigenvalue weighted by Gasteiger charge is -2.21. The lowest BCUT2D eigenvalue weighted by Crippen LogP contribution is -2.12. The fraction of sp³-hybridized carbons (Fsp3) is 0.500. The fourth-order valence-electron chi connectivity index (χ4n) is 3.41. The van der Waals surface area contributed by atoms with E-state index in [-0.39, 0.29) is 0 Å². The van der Waals surface area contributed by atoms with Crippen molar-refractivity contribution in [2.45, 2.75) is 69.3 Å². The molecule has 1 aromatic heterocycles. The summed E-state index contributed by atoms with van der Waals surface area (Å²) in [5.74, 6) is 2.67. The molecule has 0 amide bonds. The lowest BCUT2D eigenvalue weighted by molar-refractivity contribution is 0.415. The van der Waals surface area contributed by atoms with Gasteiger partial charge >= 0.3 is 0 Å². The standard InChI is InChI=1S/C20H27N3S/c1-4-12-23-19(18-8-6-5-7-9-18)21-22-20(23)24-14-17-11-10-15(2)16(3)13-17/h4,10-11,13,18H,1,5-9,12,14H2,2-3H3. The molecule has 0 unspecified atom stereocenters. The number of benzene rings is 1. The zero-order valence-corrected chi connectivity index (χ0v) is 15.6. The number of nitrogens with zero attached hydrogens (tertiary/aromatic N) is 3. The number of aromatic nitrogens is 3. The predicted molar refractivity (Wildman–Crippen MR) is 102 cm³/mol. The van der Waals surface area contributed by atoms with Crippen LogP contribution in [0.1, 0.15) is 60.5 Å². The highest BCUT2D eigenvalue weighted by Gasteiger charge is 2.23. The second kappa shape index (κ2) is 8.02. The maximum atomic E-state index is 4.55. The molecule has 1 fully saturated rings. The highest BCUT2D eigenvalue weighted by molar-refractivity contribution is 7.98. The molecule has 0 aliphatic heterocycles. The van der Waals surface area contributed by atoms with E-state index in [9.17, 15) is 0 Å². The predicted octanol–water partition coefficient (Wildman–Crippen LogP) is 5.42. The molecule has 1 heterocycles. The Labute approximate surface area is 149 Å². The van der Waals surface area contributed by atoms with Gasteiger partial charge in [0.1, 0.15) is 5.82 Å². The van der Waals surface area contributed by atoms with Crippen LogP contribution < -0.4 is 0 Å². The van der Waals surface area contributed by atoms with E-state index in [4.69, 9.17) is 0 Å². The van der Waals surface area contributed by atoms with Crippen molar-refractivity contribution < 1.29 is 0 Å². The maximum absolute atomic E-state index is 4.55. The van der Waals surface area contributed by atoms with Crippen LogP contribution in [-0.4, -0.2) is 14.8 Å². The molecule has 2 aromatic rings. The molecule has 1 aromatic carbocycles. The van der Waals surface area contributed by atoms with Crippen LogP contribution in [0.15, 0.2) is 36.0 Å². The maximum Gasteiger partial charge on any atom is 0.191 e. The SMILES string of the molecule is C=CCn1c(SCc2ccc(C)c(C)c2)nnc1C1CCCCC1. The van der Waals surface area contributed by atoms with Gasteiger partial charge < -0.3 is 4.57 Å². The largest absolute Gasteiger partial charge is 0.302 e. The average molecular weight is 342 g/mol. The van der Waals surface area contributed by atoms with Gasteiger partial charge in [0.25, 0.3) is 0 Å². The first kappa shape index (κ1) is 17.3. The smallest absolute Gasteiger partial charge is 0.191 e. The Morgan fingerprint density at radius 2 is 1.96 bits per heavy atom. The molecule has 3 rings (SSSR count). The summed E-state index contributed by atoms with van der Waals surface area (Å²) in [7, 11) is 0. The number of aryl methyl sites for hydroxylation is 2. The van der Waals surface area contributed by atoms with E-state index < -0.39 is 0 Å². The highest BCUT2D eigenvalue weighted by Crippen LogP contribution is 2.33. The molecule has 0 atom stereocenters. The van der Waals surface area contributed by atoms with Crippen molar-refractivity contribution in [3.05, 3.63) is 53.4 Å². The molecule has 128 valence electrons. The van der Waals surface area contributed by atoms with Gasteiger partial charge in [-0.25, -0.2) is 0 Å². The van der Waals surface area contributed by atoms with Crippen LogP contribution in [0.2, 0.25) is 0 Å². The van der Waals surface area contributed by atoms with Crippen molar-refractivity contribution in [1.29, 1.82) is 0 Å².